The number of nitrogens with one attached hydrogen (secondary N) is 1. The molecule has 3 aliphatic rings. The second-order valence-electron chi connectivity index (χ2n) is 7.29. The van der Waals surface area contributed by atoms with Crippen molar-refractivity contribution in [2.45, 2.75) is 18.9 Å². The molecule has 3 heterocycles. The molecule has 4 amide bonds. The molecule has 9 nitrogen and oxygen atoms in total. The number of carbonyl (C=O) groups is 4. The number of nitrogens with zero attached hydrogens (tertiary/aromatic N) is 3. The number of nitrogens with two attached hydrogens (primary N) is 1. The predicted molar refractivity (Wildman–Crippen MR) is 115 cm³/mol. The summed E-state index contributed by atoms with van der Waals surface area (Å²) < 4.78 is 0. The molecule has 0 radical (unpaired) electrons. The van der Waals surface area contributed by atoms with Gasteiger partial charge in [0, 0.05) is 51.4 Å². The minimum atomic E-state index is -0.937. The second-order valence-corrected chi connectivity index (χ2v) is 7.29. The number of benzene rings is 1. The molecule has 0 spiro atoms. The van der Waals surface area contributed by atoms with Gasteiger partial charge < -0.3 is 10.6 Å². The summed E-state index contributed by atoms with van der Waals surface area (Å²) in [6, 6.07) is 4.30. The molecule has 2 fully saturated rings. The lowest BCUT2D eigenvalue weighted by Crippen LogP contribution is -2.54. The lowest BCUT2D eigenvalue weighted by atomic mass is 10.0. The summed E-state index contributed by atoms with van der Waals surface area (Å²) in [6.45, 7) is 4.92. The van der Waals surface area contributed by atoms with E-state index in [-0.39, 0.29) is 43.6 Å². The first kappa shape index (κ1) is 24.1. The van der Waals surface area contributed by atoms with Crippen LogP contribution in [0.15, 0.2) is 18.2 Å². The maximum Gasteiger partial charge on any atom is 0.262 e. The first-order valence-corrected chi connectivity index (χ1v) is 9.52. The molecule has 11 heteroatoms. The quantitative estimate of drug-likeness (QED) is 0.611. The number of hydrogen-bond donors (Lipinski definition) is 2. The van der Waals surface area contributed by atoms with Crippen LogP contribution in [0.3, 0.4) is 0 Å². The van der Waals surface area contributed by atoms with Gasteiger partial charge >= 0.3 is 0 Å². The number of carbonyl (C=O) groups excluding carboxylic acids is 4. The highest BCUT2D eigenvalue weighted by molar-refractivity contribution is 6.23. The van der Waals surface area contributed by atoms with Crippen LogP contribution >= 0.6 is 24.8 Å². The van der Waals surface area contributed by atoms with Crippen LogP contribution < -0.4 is 16.0 Å². The van der Waals surface area contributed by atoms with Gasteiger partial charge in [0.25, 0.3) is 11.8 Å². The molecule has 0 saturated carbocycles. The number of rotatable bonds is 4. The van der Waals surface area contributed by atoms with Crippen molar-refractivity contribution in [3.63, 3.8) is 0 Å². The van der Waals surface area contributed by atoms with Crippen molar-refractivity contribution in [2.75, 3.05) is 44.2 Å². The van der Waals surface area contributed by atoms with Gasteiger partial charge in [0.05, 0.1) is 11.1 Å². The van der Waals surface area contributed by atoms with E-state index in [1.54, 1.807) is 12.1 Å². The zero-order valence-electron chi connectivity index (χ0n) is 16.3. The lowest BCUT2D eigenvalue weighted by molar-refractivity contribution is -0.136. The molecular weight excluding hydrogens is 433 g/mol. The summed E-state index contributed by atoms with van der Waals surface area (Å²) >= 11 is 0. The summed E-state index contributed by atoms with van der Waals surface area (Å²) in [7, 11) is 0. The summed E-state index contributed by atoms with van der Waals surface area (Å²) in [5.74, 6) is -1.93. The third-order valence-electron chi connectivity index (χ3n) is 5.61. The van der Waals surface area contributed by atoms with E-state index in [4.69, 9.17) is 5.73 Å². The molecule has 0 bridgehead atoms. The number of amides is 4. The predicted octanol–water partition coefficient (Wildman–Crippen LogP) is 0.0121. The monoisotopic (exact) mass is 457 g/mol. The van der Waals surface area contributed by atoms with E-state index in [1.165, 1.54) is 0 Å². The van der Waals surface area contributed by atoms with Crippen LogP contribution in [-0.4, -0.2) is 78.7 Å². The van der Waals surface area contributed by atoms with Crippen molar-refractivity contribution in [3.8, 4) is 0 Å². The van der Waals surface area contributed by atoms with Gasteiger partial charge in [-0.15, -0.1) is 24.8 Å². The van der Waals surface area contributed by atoms with Crippen LogP contribution in [0.5, 0.6) is 0 Å². The Morgan fingerprint density at radius 2 is 1.63 bits per heavy atom. The SMILES string of the molecule is Cl.Cl.NCCN1CCN(c2ccc3c(c2)C(=O)N(C2CCC(=O)NC2=O)C3=O)CC1. The van der Waals surface area contributed by atoms with E-state index in [1.807, 2.05) is 6.07 Å². The summed E-state index contributed by atoms with van der Waals surface area (Å²) in [5.41, 5.74) is 7.12. The summed E-state index contributed by atoms with van der Waals surface area (Å²) in [5, 5.41) is 2.21. The second kappa shape index (κ2) is 9.74. The molecule has 0 aliphatic carbocycles. The number of halogens is 2. The van der Waals surface area contributed by atoms with Crippen LogP contribution in [0.1, 0.15) is 33.6 Å². The van der Waals surface area contributed by atoms with E-state index >= 15 is 0 Å². The molecule has 3 aliphatic heterocycles. The molecule has 30 heavy (non-hydrogen) atoms. The number of imide groups is 2. The van der Waals surface area contributed by atoms with Crippen molar-refractivity contribution in [3.05, 3.63) is 29.3 Å². The zero-order chi connectivity index (χ0) is 19.8. The van der Waals surface area contributed by atoms with Crippen molar-refractivity contribution < 1.29 is 19.2 Å². The van der Waals surface area contributed by atoms with Gasteiger partial charge in [-0.2, -0.15) is 0 Å². The maximum atomic E-state index is 12.9. The van der Waals surface area contributed by atoms with E-state index in [0.717, 1.165) is 43.3 Å². The number of fused-ring (bicyclic) bond motifs is 1. The number of piperazine rings is 1. The van der Waals surface area contributed by atoms with E-state index < -0.39 is 23.8 Å². The molecule has 164 valence electrons. The molecule has 1 aromatic carbocycles. The van der Waals surface area contributed by atoms with Gasteiger partial charge in [-0.05, 0) is 24.6 Å². The molecule has 1 atom stereocenters. The van der Waals surface area contributed by atoms with E-state index in [0.29, 0.717) is 17.7 Å². The Labute approximate surface area is 186 Å². The molecule has 0 aromatic heterocycles. The van der Waals surface area contributed by atoms with Crippen LogP contribution in [0.2, 0.25) is 0 Å². The Hall–Kier alpha value is -2.20. The minimum absolute atomic E-state index is 0. The Balaban J connectivity index is 0.00000160. The minimum Gasteiger partial charge on any atom is -0.369 e. The highest BCUT2D eigenvalue weighted by atomic mass is 35.5. The van der Waals surface area contributed by atoms with Crippen molar-refractivity contribution in [2.24, 2.45) is 5.73 Å². The highest BCUT2D eigenvalue weighted by Crippen LogP contribution is 2.30. The summed E-state index contributed by atoms with van der Waals surface area (Å²) in [4.78, 5) is 54.6. The smallest absolute Gasteiger partial charge is 0.262 e. The van der Waals surface area contributed by atoms with Gasteiger partial charge in [-0.25, -0.2) is 0 Å². The van der Waals surface area contributed by atoms with E-state index in [9.17, 15) is 19.2 Å². The van der Waals surface area contributed by atoms with Gasteiger partial charge in [0.1, 0.15) is 6.04 Å². The van der Waals surface area contributed by atoms with Crippen molar-refractivity contribution in [1.82, 2.24) is 15.1 Å². The fraction of sp³-hybridized carbons (Fsp3) is 0.474. The largest absolute Gasteiger partial charge is 0.369 e. The third kappa shape index (κ3) is 4.29. The molecular formula is C19H25Cl2N5O4. The Morgan fingerprint density at radius 1 is 0.967 bits per heavy atom. The molecule has 1 unspecified atom stereocenters. The average Bonchev–Trinajstić information content (AvgIpc) is 2.93. The molecule has 1 aromatic rings. The van der Waals surface area contributed by atoms with Crippen LogP contribution in [0.4, 0.5) is 5.69 Å². The van der Waals surface area contributed by atoms with Gasteiger partial charge in [0.15, 0.2) is 0 Å². The Bertz CT molecular complexity index is 857. The normalized spacial score (nSPS) is 21.7. The first-order chi connectivity index (χ1) is 13.5. The van der Waals surface area contributed by atoms with Gasteiger partial charge in [-0.1, -0.05) is 0 Å². The zero-order valence-corrected chi connectivity index (χ0v) is 18.0. The van der Waals surface area contributed by atoms with Gasteiger partial charge in [-0.3, -0.25) is 34.3 Å². The lowest BCUT2D eigenvalue weighted by Gasteiger charge is -2.36. The Morgan fingerprint density at radius 3 is 2.27 bits per heavy atom. The van der Waals surface area contributed by atoms with E-state index in [2.05, 4.69) is 15.1 Å². The standard InChI is InChI=1S/C19H23N5O4.2ClH/c20-5-6-22-7-9-23(10-8-22)12-1-2-13-14(11-12)19(28)24(18(13)27)15-3-4-16(25)21-17(15)26;;/h1-2,11,15H,3-10,20H2,(H,21,25,26);2*1H. The number of hydrogen-bond acceptors (Lipinski definition) is 7. The molecule has 4 rings (SSSR count). The van der Waals surface area contributed by atoms with Crippen molar-refractivity contribution >= 4 is 54.1 Å². The first-order valence-electron chi connectivity index (χ1n) is 9.52. The average molecular weight is 458 g/mol. The molecule has 3 N–H and O–H groups in total. The van der Waals surface area contributed by atoms with Gasteiger partial charge in [0.2, 0.25) is 11.8 Å². The highest BCUT2D eigenvalue weighted by Gasteiger charge is 2.44. The maximum absolute atomic E-state index is 12.9. The fourth-order valence-electron chi connectivity index (χ4n) is 4.07. The fourth-order valence-corrected chi connectivity index (χ4v) is 4.07. The number of anilines is 1. The van der Waals surface area contributed by atoms with Crippen LogP contribution in [0.25, 0.3) is 0 Å². The summed E-state index contributed by atoms with van der Waals surface area (Å²) in [6.07, 6.45) is 0.272. The Kier molecular flexibility index (Phi) is 7.81. The third-order valence-corrected chi connectivity index (χ3v) is 5.61. The molecule has 2 saturated heterocycles. The number of piperidine rings is 1. The van der Waals surface area contributed by atoms with Crippen LogP contribution in [-0.2, 0) is 9.59 Å². The van der Waals surface area contributed by atoms with Crippen LogP contribution in [0, 0.1) is 0 Å². The van der Waals surface area contributed by atoms with Crippen molar-refractivity contribution in [1.29, 1.82) is 0 Å². The topological polar surface area (TPSA) is 116 Å².